The largest absolute Gasteiger partial charge is 0.497 e. The summed E-state index contributed by atoms with van der Waals surface area (Å²) in [5.74, 6) is 1.50. The monoisotopic (exact) mass is 484 g/mol. The van der Waals surface area contributed by atoms with Gasteiger partial charge in [0.25, 0.3) is 0 Å². The van der Waals surface area contributed by atoms with Crippen LogP contribution in [0.3, 0.4) is 0 Å². The molecule has 2 aromatic heterocycles. The molecule has 9 heteroatoms. The molecule has 3 N–H and O–H groups in total. The van der Waals surface area contributed by atoms with E-state index in [9.17, 15) is 9.59 Å². The third-order valence-corrected chi connectivity index (χ3v) is 6.75. The fraction of sp³-hybridized carbons (Fsp3) is 0.296. The number of hydrogen-bond donors (Lipinski definition) is 2. The van der Waals surface area contributed by atoms with E-state index in [1.807, 2.05) is 48.5 Å². The van der Waals surface area contributed by atoms with Crippen LogP contribution in [0.1, 0.15) is 37.3 Å². The van der Waals surface area contributed by atoms with E-state index in [0.717, 1.165) is 48.8 Å². The second-order valence-corrected chi connectivity index (χ2v) is 9.05. The highest BCUT2D eigenvalue weighted by Gasteiger charge is 2.28. The van der Waals surface area contributed by atoms with Gasteiger partial charge >= 0.3 is 0 Å². The minimum absolute atomic E-state index is 0.0289. The molecule has 9 nitrogen and oxygen atoms in total. The molecule has 1 fully saturated rings. The highest BCUT2D eigenvalue weighted by molar-refractivity contribution is 5.92. The van der Waals surface area contributed by atoms with Crippen molar-refractivity contribution in [1.82, 2.24) is 19.5 Å². The Bertz CT molecular complexity index is 1410. The van der Waals surface area contributed by atoms with Crippen LogP contribution < -0.4 is 15.8 Å². The van der Waals surface area contributed by atoms with E-state index in [-0.39, 0.29) is 17.9 Å². The minimum atomic E-state index is -0.0574. The van der Waals surface area contributed by atoms with Crippen molar-refractivity contribution in [2.24, 2.45) is 5.92 Å². The van der Waals surface area contributed by atoms with Gasteiger partial charge in [-0.3, -0.25) is 4.79 Å². The number of fused-ring (bicyclic) bond motifs is 1. The van der Waals surface area contributed by atoms with Gasteiger partial charge in [0.05, 0.1) is 13.4 Å². The van der Waals surface area contributed by atoms with Gasteiger partial charge in [-0.15, -0.1) is 0 Å². The van der Waals surface area contributed by atoms with Crippen LogP contribution in [0.25, 0.3) is 22.6 Å². The van der Waals surface area contributed by atoms with Crippen LogP contribution in [0.5, 0.6) is 5.75 Å². The van der Waals surface area contributed by atoms with Crippen LogP contribution in [-0.2, 0) is 16.0 Å². The first-order chi connectivity index (χ1) is 17.6. The topological polar surface area (TPSA) is 125 Å². The molecule has 0 unspecified atom stereocenters. The van der Waals surface area contributed by atoms with Gasteiger partial charge in [-0.25, -0.2) is 15.0 Å². The number of aromatic nitrogens is 4. The molecule has 1 aliphatic rings. The molecule has 0 atom stereocenters. The molecule has 5 rings (SSSR count). The van der Waals surface area contributed by atoms with Crippen molar-refractivity contribution in [3.8, 4) is 17.1 Å². The van der Waals surface area contributed by atoms with E-state index < -0.39 is 0 Å². The Morgan fingerprint density at radius 3 is 2.72 bits per heavy atom. The number of hydrogen-bond acceptors (Lipinski definition) is 7. The van der Waals surface area contributed by atoms with Crippen LogP contribution in [0.4, 0.5) is 11.5 Å². The van der Waals surface area contributed by atoms with Crippen molar-refractivity contribution in [3.63, 3.8) is 0 Å². The van der Waals surface area contributed by atoms with Gasteiger partial charge in [-0.05, 0) is 49.4 Å². The molecule has 0 spiro atoms. The van der Waals surface area contributed by atoms with Crippen molar-refractivity contribution < 1.29 is 14.3 Å². The fourth-order valence-electron chi connectivity index (χ4n) is 4.83. The second kappa shape index (κ2) is 10.2. The molecule has 2 heterocycles. The first kappa shape index (κ1) is 23.5. The molecule has 184 valence electrons. The zero-order valence-electron chi connectivity index (χ0n) is 20.1. The number of benzene rings is 2. The quantitative estimate of drug-likeness (QED) is 0.377. The Labute approximate surface area is 208 Å². The van der Waals surface area contributed by atoms with Crippen LogP contribution >= 0.6 is 0 Å². The number of nitrogens with one attached hydrogen (secondary N) is 1. The summed E-state index contributed by atoms with van der Waals surface area (Å²) in [6.45, 7) is 0. The van der Waals surface area contributed by atoms with Gasteiger partial charge < -0.3 is 25.1 Å². The number of aldehydes is 1. The maximum atomic E-state index is 12.9. The number of anilines is 2. The number of imidazole rings is 1. The highest BCUT2D eigenvalue weighted by atomic mass is 16.5. The lowest BCUT2D eigenvalue weighted by Crippen LogP contribution is -2.28. The van der Waals surface area contributed by atoms with Crippen molar-refractivity contribution >= 4 is 34.9 Å². The molecule has 0 aliphatic heterocycles. The zero-order chi connectivity index (χ0) is 25.1. The van der Waals surface area contributed by atoms with Gasteiger partial charge in [0, 0.05) is 35.7 Å². The number of rotatable bonds is 7. The number of amides is 1. The van der Waals surface area contributed by atoms with E-state index in [1.165, 1.54) is 0 Å². The van der Waals surface area contributed by atoms with Crippen LogP contribution in [0.15, 0.2) is 54.9 Å². The lowest BCUT2D eigenvalue weighted by molar-refractivity contribution is -0.121. The van der Waals surface area contributed by atoms with Gasteiger partial charge in [0.2, 0.25) is 5.91 Å². The third-order valence-electron chi connectivity index (χ3n) is 6.75. The van der Waals surface area contributed by atoms with E-state index >= 15 is 0 Å². The Morgan fingerprint density at radius 1 is 1.14 bits per heavy atom. The summed E-state index contributed by atoms with van der Waals surface area (Å²) in [5.41, 5.74) is 9.93. The van der Waals surface area contributed by atoms with Gasteiger partial charge in [0.15, 0.2) is 17.3 Å². The van der Waals surface area contributed by atoms with Crippen molar-refractivity contribution in [3.05, 3.63) is 60.4 Å². The molecule has 0 radical (unpaired) electrons. The Hall–Kier alpha value is -4.27. The molecule has 1 amide bonds. The SMILES string of the molecule is COc1cccc(NC(=O)C2CCC(n3cnc4c(N)nc(-c5cccc(CC=O)c5)nc43)CC2)c1. The van der Waals surface area contributed by atoms with Crippen molar-refractivity contribution in [2.45, 2.75) is 38.1 Å². The zero-order valence-corrected chi connectivity index (χ0v) is 20.1. The third kappa shape index (κ3) is 4.77. The predicted molar refractivity (Wildman–Crippen MR) is 138 cm³/mol. The molecule has 0 saturated heterocycles. The van der Waals surface area contributed by atoms with Gasteiger partial charge in [0.1, 0.15) is 17.6 Å². The van der Waals surface area contributed by atoms with E-state index in [4.69, 9.17) is 15.5 Å². The number of nitrogen functional groups attached to an aromatic ring is 1. The van der Waals surface area contributed by atoms with E-state index in [1.54, 1.807) is 13.4 Å². The smallest absolute Gasteiger partial charge is 0.227 e. The summed E-state index contributed by atoms with van der Waals surface area (Å²) in [6, 6.07) is 15.1. The summed E-state index contributed by atoms with van der Waals surface area (Å²) in [6.07, 6.45) is 6.16. The van der Waals surface area contributed by atoms with Gasteiger partial charge in [-0.1, -0.05) is 24.3 Å². The fourth-order valence-corrected chi connectivity index (χ4v) is 4.83. The molecule has 0 bridgehead atoms. The summed E-state index contributed by atoms with van der Waals surface area (Å²) < 4.78 is 7.30. The average Bonchev–Trinajstić information content (AvgIpc) is 3.34. The second-order valence-electron chi connectivity index (χ2n) is 9.05. The Morgan fingerprint density at radius 2 is 1.94 bits per heavy atom. The lowest BCUT2D eigenvalue weighted by atomic mass is 9.85. The van der Waals surface area contributed by atoms with E-state index in [0.29, 0.717) is 35.0 Å². The summed E-state index contributed by atoms with van der Waals surface area (Å²) in [5, 5.41) is 3.02. The first-order valence-corrected chi connectivity index (χ1v) is 12.0. The molecule has 4 aromatic rings. The number of carbonyl (C=O) groups excluding carboxylic acids is 2. The average molecular weight is 485 g/mol. The number of nitrogens with two attached hydrogens (primary N) is 1. The molecular formula is C27H28N6O3. The molecule has 36 heavy (non-hydrogen) atoms. The molecule has 1 saturated carbocycles. The minimum Gasteiger partial charge on any atom is -0.497 e. The molecular weight excluding hydrogens is 456 g/mol. The number of nitrogens with zero attached hydrogens (tertiary/aromatic N) is 4. The van der Waals surface area contributed by atoms with Crippen LogP contribution in [-0.4, -0.2) is 38.8 Å². The van der Waals surface area contributed by atoms with E-state index in [2.05, 4.69) is 19.9 Å². The molecule has 1 aliphatic carbocycles. The van der Waals surface area contributed by atoms with Crippen molar-refractivity contribution in [2.75, 3.05) is 18.2 Å². The summed E-state index contributed by atoms with van der Waals surface area (Å²) >= 11 is 0. The predicted octanol–water partition coefficient (Wildman–Crippen LogP) is 4.20. The lowest BCUT2D eigenvalue weighted by Gasteiger charge is -2.28. The maximum absolute atomic E-state index is 12.9. The van der Waals surface area contributed by atoms with Gasteiger partial charge in [-0.2, -0.15) is 0 Å². The Balaban J connectivity index is 1.32. The summed E-state index contributed by atoms with van der Waals surface area (Å²) in [7, 11) is 1.61. The standard InChI is InChI=1S/C27H28N6O3/c1-36-22-7-3-6-20(15-22)30-27(35)18-8-10-21(11-9-18)33-16-29-23-24(28)31-25(32-26(23)33)19-5-2-4-17(14-19)12-13-34/h2-7,13-16,18,21H,8-12H2,1H3,(H,30,35)(H2,28,31,32). The molecule has 2 aromatic carbocycles. The maximum Gasteiger partial charge on any atom is 0.227 e. The highest BCUT2D eigenvalue weighted by Crippen LogP contribution is 2.35. The number of carbonyl (C=O) groups is 2. The van der Waals surface area contributed by atoms with Crippen molar-refractivity contribution in [1.29, 1.82) is 0 Å². The first-order valence-electron chi connectivity index (χ1n) is 12.0. The normalized spacial score (nSPS) is 17.6. The van der Waals surface area contributed by atoms with Crippen LogP contribution in [0.2, 0.25) is 0 Å². The summed E-state index contributed by atoms with van der Waals surface area (Å²) in [4.78, 5) is 37.5. The van der Waals surface area contributed by atoms with Crippen LogP contribution in [0, 0.1) is 5.92 Å². The number of methoxy groups -OCH3 is 1. The Kier molecular flexibility index (Phi) is 6.62. The number of ether oxygens (including phenoxy) is 1.